The third-order valence-corrected chi connectivity index (χ3v) is 4.89. The number of carbonyl (C=O) groups is 2. The van der Waals surface area contributed by atoms with Crippen molar-refractivity contribution >= 4 is 45.5 Å². The summed E-state index contributed by atoms with van der Waals surface area (Å²) in [6, 6.07) is 20.2. The number of hydrogen-bond donors (Lipinski definition) is 2. The number of fused-ring (bicyclic) bond motifs is 1. The van der Waals surface area contributed by atoms with Gasteiger partial charge in [0.15, 0.2) is 0 Å². The van der Waals surface area contributed by atoms with E-state index in [0.717, 1.165) is 4.88 Å². The summed E-state index contributed by atoms with van der Waals surface area (Å²) in [7, 11) is 0. The van der Waals surface area contributed by atoms with Crippen molar-refractivity contribution in [1.29, 1.82) is 0 Å². The lowest BCUT2D eigenvalue weighted by atomic mass is 10.2. The second kappa shape index (κ2) is 7.47. The molecule has 6 heteroatoms. The summed E-state index contributed by atoms with van der Waals surface area (Å²) in [5, 5.41) is 8.26. The zero-order valence-electron chi connectivity index (χ0n) is 14.3. The van der Waals surface area contributed by atoms with Crippen LogP contribution in [0.5, 0.6) is 0 Å². The molecule has 0 aliphatic carbocycles. The first-order valence-corrected chi connectivity index (χ1v) is 9.29. The van der Waals surface area contributed by atoms with Gasteiger partial charge >= 0.3 is 0 Å². The molecule has 0 saturated heterocycles. The molecule has 134 valence electrons. The maximum atomic E-state index is 12.7. The van der Waals surface area contributed by atoms with Crippen molar-refractivity contribution in [2.75, 3.05) is 10.6 Å². The number of carbonyl (C=O) groups excluding carboxylic acids is 2. The molecule has 2 aromatic carbocycles. The Morgan fingerprint density at radius 3 is 2.44 bits per heavy atom. The smallest absolute Gasteiger partial charge is 0.293 e. The van der Waals surface area contributed by atoms with E-state index in [-0.39, 0.29) is 18.1 Å². The van der Waals surface area contributed by atoms with Gasteiger partial charge in [-0.15, -0.1) is 11.3 Å². The van der Waals surface area contributed by atoms with Gasteiger partial charge in [-0.3, -0.25) is 9.59 Å². The zero-order valence-corrected chi connectivity index (χ0v) is 15.1. The first-order valence-electron chi connectivity index (χ1n) is 8.41. The van der Waals surface area contributed by atoms with Crippen molar-refractivity contribution in [2.45, 2.75) is 6.42 Å². The maximum Gasteiger partial charge on any atom is 0.293 e. The van der Waals surface area contributed by atoms with Gasteiger partial charge in [0.25, 0.3) is 5.91 Å². The number of amides is 2. The van der Waals surface area contributed by atoms with Crippen LogP contribution in [0.25, 0.3) is 11.0 Å². The van der Waals surface area contributed by atoms with Gasteiger partial charge in [-0.25, -0.2) is 0 Å². The fourth-order valence-electron chi connectivity index (χ4n) is 2.79. The summed E-state index contributed by atoms with van der Waals surface area (Å²) in [5.41, 5.74) is 1.58. The number of furan rings is 1. The van der Waals surface area contributed by atoms with Crippen molar-refractivity contribution in [1.82, 2.24) is 0 Å². The topological polar surface area (TPSA) is 71.3 Å². The summed E-state index contributed by atoms with van der Waals surface area (Å²) >= 11 is 1.52. The van der Waals surface area contributed by atoms with E-state index in [1.807, 2.05) is 53.9 Å². The number of thiophene rings is 1. The number of para-hydroxylation sites is 2. The molecule has 27 heavy (non-hydrogen) atoms. The Morgan fingerprint density at radius 2 is 1.67 bits per heavy atom. The summed E-state index contributed by atoms with van der Waals surface area (Å²) < 4.78 is 5.75. The second-order valence-corrected chi connectivity index (χ2v) is 6.96. The largest absolute Gasteiger partial charge is 0.449 e. The van der Waals surface area contributed by atoms with Gasteiger partial charge in [0, 0.05) is 16.0 Å². The molecule has 0 spiro atoms. The highest BCUT2D eigenvalue weighted by molar-refractivity contribution is 7.10. The lowest BCUT2D eigenvalue weighted by Crippen LogP contribution is -2.18. The Labute approximate surface area is 159 Å². The van der Waals surface area contributed by atoms with Gasteiger partial charge in [0.05, 0.1) is 6.42 Å². The van der Waals surface area contributed by atoms with Crippen LogP contribution in [0.1, 0.15) is 15.4 Å². The van der Waals surface area contributed by atoms with Gasteiger partial charge < -0.3 is 15.1 Å². The minimum Gasteiger partial charge on any atom is -0.449 e. The van der Waals surface area contributed by atoms with Crippen LogP contribution in [0.3, 0.4) is 0 Å². The monoisotopic (exact) mass is 376 g/mol. The predicted molar refractivity (Wildman–Crippen MR) is 107 cm³/mol. The first kappa shape index (κ1) is 17.1. The van der Waals surface area contributed by atoms with Crippen LogP contribution in [-0.4, -0.2) is 11.8 Å². The molecule has 0 bridgehead atoms. The molecular formula is C21H16N2O3S. The zero-order chi connectivity index (χ0) is 18.6. The minimum atomic E-state index is -0.413. The number of anilines is 2. The Morgan fingerprint density at radius 1 is 0.889 bits per heavy atom. The highest BCUT2D eigenvalue weighted by atomic mass is 32.1. The van der Waals surface area contributed by atoms with E-state index in [0.29, 0.717) is 22.3 Å². The fraction of sp³-hybridized carbons (Fsp3) is 0.0476. The molecular weight excluding hydrogens is 360 g/mol. The maximum absolute atomic E-state index is 12.7. The minimum absolute atomic E-state index is 0.0829. The van der Waals surface area contributed by atoms with E-state index in [2.05, 4.69) is 10.6 Å². The molecule has 2 heterocycles. The van der Waals surface area contributed by atoms with Crippen LogP contribution in [-0.2, 0) is 11.2 Å². The SMILES string of the molecule is O=C(Cc1cccs1)Nc1c(C(=O)Nc2ccccc2)oc2ccccc12. The number of nitrogens with one attached hydrogen (secondary N) is 2. The predicted octanol–water partition coefficient (Wildman–Crippen LogP) is 4.93. The number of rotatable bonds is 5. The standard InChI is InChI=1S/C21H16N2O3S/c24-18(13-15-9-6-12-27-15)23-19-16-10-4-5-11-17(16)26-20(19)21(25)22-14-7-2-1-3-8-14/h1-12H,13H2,(H,22,25)(H,23,24). The Balaban J connectivity index is 1.64. The normalized spacial score (nSPS) is 10.7. The molecule has 2 amide bonds. The average molecular weight is 376 g/mol. The van der Waals surface area contributed by atoms with E-state index in [1.165, 1.54) is 11.3 Å². The van der Waals surface area contributed by atoms with Crippen LogP contribution >= 0.6 is 11.3 Å². The molecule has 0 atom stereocenters. The molecule has 0 fully saturated rings. The van der Waals surface area contributed by atoms with Crippen molar-refractivity contribution in [3.05, 3.63) is 82.7 Å². The molecule has 5 nitrogen and oxygen atoms in total. The van der Waals surface area contributed by atoms with Crippen molar-refractivity contribution < 1.29 is 14.0 Å². The molecule has 0 saturated carbocycles. The van der Waals surface area contributed by atoms with Crippen molar-refractivity contribution in [3.8, 4) is 0 Å². The third-order valence-electron chi connectivity index (χ3n) is 4.01. The van der Waals surface area contributed by atoms with Crippen LogP contribution in [0, 0.1) is 0 Å². The van der Waals surface area contributed by atoms with Crippen LogP contribution in [0.2, 0.25) is 0 Å². The molecule has 0 aliphatic rings. The quantitative estimate of drug-likeness (QED) is 0.519. The second-order valence-electron chi connectivity index (χ2n) is 5.93. The van der Waals surface area contributed by atoms with Gasteiger partial charge in [-0.2, -0.15) is 0 Å². The van der Waals surface area contributed by atoms with Gasteiger partial charge in [-0.1, -0.05) is 36.4 Å². The van der Waals surface area contributed by atoms with Gasteiger partial charge in [-0.05, 0) is 35.7 Å². The van der Waals surface area contributed by atoms with E-state index in [1.54, 1.807) is 18.2 Å². The summed E-state index contributed by atoms with van der Waals surface area (Å²) in [4.78, 5) is 26.2. The van der Waals surface area contributed by atoms with E-state index >= 15 is 0 Å². The Bertz CT molecular complexity index is 1090. The first-order chi connectivity index (χ1) is 13.2. The van der Waals surface area contributed by atoms with Crippen molar-refractivity contribution in [3.63, 3.8) is 0 Å². The van der Waals surface area contributed by atoms with Crippen molar-refractivity contribution in [2.24, 2.45) is 0 Å². The summed E-state index contributed by atoms with van der Waals surface area (Å²) in [6.07, 6.45) is 0.247. The molecule has 4 rings (SSSR count). The van der Waals surface area contributed by atoms with E-state index < -0.39 is 5.91 Å². The lowest BCUT2D eigenvalue weighted by molar-refractivity contribution is -0.115. The number of benzene rings is 2. The fourth-order valence-corrected chi connectivity index (χ4v) is 3.50. The molecule has 2 aromatic heterocycles. The lowest BCUT2D eigenvalue weighted by Gasteiger charge is -2.07. The van der Waals surface area contributed by atoms with Gasteiger partial charge in [0.1, 0.15) is 11.3 Å². The third kappa shape index (κ3) is 3.75. The van der Waals surface area contributed by atoms with Crippen LogP contribution < -0.4 is 10.6 Å². The number of hydrogen-bond acceptors (Lipinski definition) is 4. The van der Waals surface area contributed by atoms with E-state index in [4.69, 9.17) is 4.42 Å². The Hall–Kier alpha value is -3.38. The molecule has 4 aromatic rings. The highest BCUT2D eigenvalue weighted by Gasteiger charge is 2.22. The average Bonchev–Trinajstić information content (AvgIpc) is 3.31. The highest BCUT2D eigenvalue weighted by Crippen LogP contribution is 2.31. The molecule has 0 radical (unpaired) electrons. The van der Waals surface area contributed by atoms with Gasteiger partial charge in [0.2, 0.25) is 11.7 Å². The molecule has 0 aliphatic heterocycles. The summed E-state index contributed by atoms with van der Waals surface area (Å²) in [5.74, 6) is -0.527. The van der Waals surface area contributed by atoms with Crippen LogP contribution in [0.4, 0.5) is 11.4 Å². The molecule has 0 unspecified atom stereocenters. The van der Waals surface area contributed by atoms with E-state index in [9.17, 15) is 9.59 Å². The van der Waals surface area contributed by atoms with Crippen LogP contribution in [0.15, 0.2) is 76.5 Å². The Kier molecular flexibility index (Phi) is 4.72. The summed E-state index contributed by atoms with van der Waals surface area (Å²) in [6.45, 7) is 0. The molecule has 2 N–H and O–H groups in total.